The number of fused-ring (bicyclic) bond motifs is 1. The summed E-state index contributed by atoms with van der Waals surface area (Å²) in [6.07, 6.45) is 0.879. The summed E-state index contributed by atoms with van der Waals surface area (Å²) in [5, 5.41) is 8.47. The number of quaternary nitrogens is 1. The van der Waals surface area contributed by atoms with Gasteiger partial charge in [-0.1, -0.05) is 37.3 Å². The van der Waals surface area contributed by atoms with E-state index in [2.05, 4.69) is 42.6 Å². The zero-order valence-electron chi connectivity index (χ0n) is 16.2. The zero-order chi connectivity index (χ0) is 18.6. The number of hydrogen-bond donors (Lipinski definition) is 2. The summed E-state index contributed by atoms with van der Waals surface area (Å²) in [5.41, 5.74) is 5.33. The van der Waals surface area contributed by atoms with Crippen LogP contribution >= 0.6 is 0 Å². The maximum Gasteiger partial charge on any atom is 0.165 e. The van der Waals surface area contributed by atoms with Crippen molar-refractivity contribution in [1.82, 2.24) is 14.6 Å². The quantitative estimate of drug-likeness (QED) is 0.696. The normalized spacial score (nSPS) is 15.3. The Bertz CT molecular complexity index is 900. The minimum atomic E-state index is 0.868. The topological polar surface area (TPSA) is 55.9 Å². The molecule has 3 heterocycles. The zero-order valence-corrected chi connectivity index (χ0v) is 16.2. The van der Waals surface area contributed by atoms with Crippen molar-refractivity contribution in [3.63, 3.8) is 0 Å². The summed E-state index contributed by atoms with van der Waals surface area (Å²) in [4.78, 5) is 6.41. The van der Waals surface area contributed by atoms with Crippen molar-refractivity contribution >= 4 is 11.5 Å². The molecule has 1 aliphatic heterocycles. The van der Waals surface area contributed by atoms with Gasteiger partial charge >= 0.3 is 0 Å². The van der Waals surface area contributed by atoms with Gasteiger partial charge in [0.15, 0.2) is 5.65 Å². The minimum Gasteiger partial charge on any atom is -0.370 e. The van der Waals surface area contributed by atoms with Gasteiger partial charge in [0.05, 0.1) is 32.0 Å². The number of benzene rings is 1. The molecule has 0 aliphatic carbocycles. The Labute approximate surface area is 160 Å². The Morgan fingerprint density at radius 3 is 2.70 bits per heavy atom. The lowest BCUT2D eigenvalue weighted by atomic mass is 10.0. The van der Waals surface area contributed by atoms with Crippen molar-refractivity contribution in [1.29, 1.82) is 0 Å². The molecule has 0 amide bonds. The number of anilines is 1. The molecule has 142 valence electrons. The molecule has 1 saturated heterocycles. The number of aryl methyl sites for hydroxylation is 2. The fourth-order valence-corrected chi connectivity index (χ4v) is 3.73. The molecule has 4 rings (SSSR count). The summed E-state index contributed by atoms with van der Waals surface area (Å²) in [6.45, 7) is 10.1. The van der Waals surface area contributed by atoms with E-state index in [9.17, 15) is 0 Å². The minimum absolute atomic E-state index is 0.868. The van der Waals surface area contributed by atoms with E-state index in [0.29, 0.717) is 0 Å². The predicted molar refractivity (Wildman–Crippen MR) is 107 cm³/mol. The smallest absolute Gasteiger partial charge is 0.165 e. The molecule has 2 N–H and O–H groups in total. The van der Waals surface area contributed by atoms with Gasteiger partial charge in [0.1, 0.15) is 18.9 Å². The third-order valence-electron chi connectivity index (χ3n) is 5.17. The maximum atomic E-state index is 5.44. The van der Waals surface area contributed by atoms with E-state index < -0.39 is 0 Å². The number of aromatic nitrogens is 3. The fraction of sp³-hybridized carbons (Fsp3) is 0.429. The van der Waals surface area contributed by atoms with Crippen molar-refractivity contribution < 1.29 is 9.64 Å². The van der Waals surface area contributed by atoms with E-state index in [4.69, 9.17) is 14.8 Å². The lowest BCUT2D eigenvalue weighted by Crippen LogP contribution is -3.14. The molecule has 1 aliphatic rings. The molecule has 0 spiro atoms. The van der Waals surface area contributed by atoms with Crippen LogP contribution in [0.15, 0.2) is 36.4 Å². The number of rotatable bonds is 6. The molecule has 27 heavy (non-hydrogen) atoms. The van der Waals surface area contributed by atoms with Gasteiger partial charge in [-0.3, -0.25) is 0 Å². The highest BCUT2D eigenvalue weighted by Crippen LogP contribution is 2.29. The molecule has 0 bridgehead atoms. The number of morpholine rings is 1. The van der Waals surface area contributed by atoms with Crippen LogP contribution in [0.3, 0.4) is 0 Å². The molecule has 1 aromatic carbocycles. The first-order valence-electron chi connectivity index (χ1n) is 9.86. The summed E-state index contributed by atoms with van der Waals surface area (Å²) in [6, 6.07) is 12.5. The Hall–Kier alpha value is -2.44. The second kappa shape index (κ2) is 8.06. The number of ether oxygens (including phenoxy) is 1. The van der Waals surface area contributed by atoms with Crippen molar-refractivity contribution in [2.75, 3.05) is 44.7 Å². The molecule has 0 unspecified atom stereocenters. The summed E-state index contributed by atoms with van der Waals surface area (Å²) < 4.78 is 7.42. The Balaban J connectivity index is 1.64. The lowest BCUT2D eigenvalue weighted by molar-refractivity contribution is -0.906. The Morgan fingerprint density at radius 1 is 1.19 bits per heavy atom. The second-order valence-corrected chi connectivity index (χ2v) is 7.10. The van der Waals surface area contributed by atoms with E-state index in [0.717, 1.165) is 74.2 Å². The number of nitrogens with zero attached hydrogens (tertiary/aromatic N) is 3. The molecule has 0 atom stereocenters. The molecule has 3 aromatic rings. The van der Waals surface area contributed by atoms with Crippen LogP contribution in [0, 0.1) is 6.92 Å². The fourth-order valence-electron chi connectivity index (χ4n) is 3.73. The van der Waals surface area contributed by atoms with E-state index in [1.165, 1.54) is 5.56 Å². The van der Waals surface area contributed by atoms with Crippen LogP contribution < -0.4 is 10.2 Å². The molecular weight excluding hydrogens is 338 g/mol. The number of nitrogens with one attached hydrogen (secondary N) is 2. The van der Waals surface area contributed by atoms with Crippen LogP contribution in [0.1, 0.15) is 18.3 Å². The van der Waals surface area contributed by atoms with Crippen molar-refractivity contribution in [3.8, 4) is 11.1 Å². The van der Waals surface area contributed by atoms with Crippen molar-refractivity contribution in [3.05, 3.63) is 47.8 Å². The second-order valence-electron chi connectivity index (χ2n) is 7.10. The monoisotopic (exact) mass is 366 g/mol. The van der Waals surface area contributed by atoms with E-state index in [1.54, 1.807) is 4.90 Å². The Morgan fingerprint density at radius 2 is 1.96 bits per heavy atom. The van der Waals surface area contributed by atoms with Gasteiger partial charge in [0, 0.05) is 17.3 Å². The summed E-state index contributed by atoms with van der Waals surface area (Å²) in [5.74, 6) is 1.02. The average molecular weight is 366 g/mol. The van der Waals surface area contributed by atoms with Crippen LogP contribution in [-0.4, -0.2) is 54.0 Å². The average Bonchev–Trinajstić information content (AvgIpc) is 3.08. The first-order chi connectivity index (χ1) is 13.3. The molecule has 6 heteroatoms. The van der Waals surface area contributed by atoms with Gasteiger partial charge in [-0.05, 0) is 18.9 Å². The largest absolute Gasteiger partial charge is 0.370 e. The van der Waals surface area contributed by atoms with Crippen LogP contribution in [0.4, 0.5) is 5.82 Å². The SMILES string of the molecule is CCc1nn2c(NCC[NH+]3CCOCC3)cc(C)nc2c1-c1ccccc1. The predicted octanol–water partition coefficient (Wildman–Crippen LogP) is 1.59. The lowest BCUT2D eigenvalue weighted by Gasteiger charge is -2.23. The van der Waals surface area contributed by atoms with Gasteiger partial charge in [0.25, 0.3) is 0 Å². The third kappa shape index (κ3) is 3.82. The van der Waals surface area contributed by atoms with Crippen LogP contribution in [0.2, 0.25) is 0 Å². The van der Waals surface area contributed by atoms with Gasteiger partial charge < -0.3 is 15.0 Å². The van der Waals surface area contributed by atoms with Gasteiger partial charge in [-0.25, -0.2) is 4.98 Å². The van der Waals surface area contributed by atoms with Gasteiger partial charge in [-0.15, -0.1) is 0 Å². The highest BCUT2D eigenvalue weighted by Gasteiger charge is 2.18. The molecular formula is C21H28N5O+. The van der Waals surface area contributed by atoms with Gasteiger partial charge in [-0.2, -0.15) is 9.61 Å². The molecule has 0 radical (unpaired) electrons. The van der Waals surface area contributed by atoms with E-state index >= 15 is 0 Å². The first kappa shape index (κ1) is 17.9. The highest BCUT2D eigenvalue weighted by molar-refractivity contribution is 5.81. The van der Waals surface area contributed by atoms with Crippen LogP contribution in [0.5, 0.6) is 0 Å². The molecule has 2 aromatic heterocycles. The van der Waals surface area contributed by atoms with Crippen molar-refractivity contribution in [2.45, 2.75) is 20.3 Å². The Kier molecular flexibility index (Phi) is 5.36. The first-order valence-corrected chi connectivity index (χ1v) is 9.86. The highest BCUT2D eigenvalue weighted by atomic mass is 16.5. The molecule has 6 nitrogen and oxygen atoms in total. The van der Waals surface area contributed by atoms with Crippen LogP contribution in [0.25, 0.3) is 16.8 Å². The van der Waals surface area contributed by atoms with Crippen LogP contribution in [-0.2, 0) is 11.2 Å². The van der Waals surface area contributed by atoms with E-state index in [-0.39, 0.29) is 0 Å². The van der Waals surface area contributed by atoms with Crippen molar-refractivity contribution in [2.24, 2.45) is 0 Å². The summed E-state index contributed by atoms with van der Waals surface area (Å²) in [7, 11) is 0. The number of hydrogen-bond acceptors (Lipinski definition) is 4. The molecule has 0 saturated carbocycles. The van der Waals surface area contributed by atoms with E-state index in [1.807, 2.05) is 17.5 Å². The summed E-state index contributed by atoms with van der Waals surface area (Å²) >= 11 is 0. The standard InChI is InChI=1S/C21H27N5O/c1-3-18-20(17-7-5-4-6-8-17)21-23-16(2)15-19(26(21)24-18)22-9-10-25-11-13-27-14-12-25/h4-8,15,22H,3,9-14H2,1-2H3/p+1. The molecule has 1 fully saturated rings. The third-order valence-corrected chi connectivity index (χ3v) is 5.17. The maximum absolute atomic E-state index is 5.44. The van der Waals surface area contributed by atoms with Gasteiger partial charge in [0.2, 0.25) is 0 Å².